The number of nitrogens with zero attached hydrogens (tertiary/aromatic N) is 1. The molecule has 1 aliphatic heterocycles. The van der Waals surface area contributed by atoms with Gasteiger partial charge in [0.05, 0.1) is 19.1 Å². The molecule has 0 bridgehead atoms. The van der Waals surface area contributed by atoms with Gasteiger partial charge in [-0.2, -0.15) is 0 Å². The van der Waals surface area contributed by atoms with E-state index < -0.39 is 7.37 Å². The second-order valence-electron chi connectivity index (χ2n) is 4.45. The molecule has 17 heavy (non-hydrogen) atoms. The Bertz CT molecular complexity index is 305. The van der Waals surface area contributed by atoms with Crippen molar-refractivity contribution in [2.24, 2.45) is 5.73 Å². The van der Waals surface area contributed by atoms with Gasteiger partial charge in [0.25, 0.3) is 0 Å². The Morgan fingerprint density at radius 1 is 1.59 bits per heavy atom. The van der Waals surface area contributed by atoms with Crippen LogP contribution in [0.4, 0.5) is 0 Å². The van der Waals surface area contributed by atoms with Gasteiger partial charge < -0.3 is 10.6 Å². The summed E-state index contributed by atoms with van der Waals surface area (Å²) in [5, 5.41) is 1.37. The minimum absolute atomic E-state index is 0.0455. The van der Waals surface area contributed by atoms with Gasteiger partial charge in [-0.1, -0.05) is 0 Å². The Morgan fingerprint density at radius 2 is 2.29 bits per heavy atom. The summed E-state index contributed by atoms with van der Waals surface area (Å²) in [5.41, 5.74) is 5.44. The van der Waals surface area contributed by atoms with Crippen LogP contribution in [0, 0.1) is 0 Å². The molecule has 1 rings (SSSR count). The predicted octanol–water partition coefficient (Wildman–Crippen LogP) is 0.548. The number of hydrogen-bond donors (Lipinski definition) is 2. The molecular formula is C10H21N2O4P. The lowest BCUT2D eigenvalue weighted by Gasteiger charge is -2.26. The zero-order valence-electron chi connectivity index (χ0n) is 10.2. The summed E-state index contributed by atoms with van der Waals surface area (Å²) >= 11 is 0. The van der Waals surface area contributed by atoms with Gasteiger partial charge in [0, 0.05) is 12.8 Å². The van der Waals surface area contributed by atoms with E-state index in [4.69, 9.17) is 10.6 Å². The fraction of sp³-hybridized carbons (Fsp3) is 0.900. The van der Waals surface area contributed by atoms with E-state index in [0.29, 0.717) is 32.4 Å². The van der Waals surface area contributed by atoms with Crippen molar-refractivity contribution in [1.82, 2.24) is 5.06 Å². The van der Waals surface area contributed by atoms with Gasteiger partial charge in [0.15, 0.2) is 7.37 Å². The molecule has 0 aromatic carbocycles. The van der Waals surface area contributed by atoms with Crippen LogP contribution < -0.4 is 5.73 Å². The first-order valence-electron chi connectivity index (χ1n) is 5.88. The summed E-state index contributed by atoms with van der Waals surface area (Å²) in [5.74, 6) is -0.0455. The van der Waals surface area contributed by atoms with Crippen molar-refractivity contribution in [3.05, 3.63) is 0 Å². The van der Waals surface area contributed by atoms with Crippen LogP contribution in [0.15, 0.2) is 0 Å². The summed E-state index contributed by atoms with van der Waals surface area (Å²) in [6, 6.07) is -0.131. The molecule has 0 saturated carbocycles. The second kappa shape index (κ2) is 6.50. The van der Waals surface area contributed by atoms with Gasteiger partial charge in [0.2, 0.25) is 5.91 Å². The maximum Gasteiger partial charge on any atom is 0.248 e. The van der Waals surface area contributed by atoms with E-state index in [1.807, 2.05) is 0 Å². The normalized spacial score (nSPS) is 21.6. The molecule has 1 fully saturated rings. The largest absolute Gasteiger partial charge is 0.344 e. The van der Waals surface area contributed by atoms with Gasteiger partial charge in [-0.15, -0.1) is 0 Å². The first-order chi connectivity index (χ1) is 7.94. The Kier molecular flexibility index (Phi) is 5.59. The molecular weight excluding hydrogens is 243 g/mol. The van der Waals surface area contributed by atoms with Gasteiger partial charge in [0.1, 0.15) is 0 Å². The molecule has 1 saturated heterocycles. The first kappa shape index (κ1) is 14.6. The van der Waals surface area contributed by atoms with E-state index in [9.17, 15) is 14.3 Å². The zero-order chi connectivity index (χ0) is 12.9. The lowest BCUT2D eigenvalue weighted by Crippen LogP contribution is -2.36. The van der Waals surface area contributed by atoms with Crippen LogP contribution in [-0.4, -0.2) is 47.9 Å². The third kappa shape index (κ3) is 5.17. The summed E-state index contributed by atoms with van der Waals surface area (Å²) < 4.78 is 11.3. The molecule has 0 aromatic heterocycles. The van der Waals surface area contributed by atoms with Crippen molar-refractivity contribution in [2.75, 3.05) is 26.0 Å². The van der Waals surface area contributed by atoms with E-state index in [1.165, 1.54) is 11.7 Å². The fourth-order valence-electron chi connectivity index (χ4n) is 1.84. The number of hydroxylamine groups is 2. The van der Waals surface area contributed by atoms with E-state index in [0.717, 1.165) is 6.42 Å². The number of carbonyl (C=O) groups excluding carboxylic acids is 1. The summed E-state index contributed by atoms with van der Waals surface area (Å²) in [6.07, 6.45) is 2.56. The number of amides is 1. The summed E-state index contributed by atoms with van der Waals surface area (Å²) in [7, 11) is -3.04. The maximum atomic E-state index is 11.5. The number of nitrogens with two attached hydrogens (primary N) is 1. The predicted molar refractivity (Wildman–Crippen MR) is 64.7 cm³/mol. The van der Waals surface area contributed by atoms with Crippen LogP contribution in [0.25, 0.3) is 0 Å². The van der Waals surface area contributed by atoms with Crippen molar-refractivity contribution in [1.29, 1.82) is 0 Å². The standard InChI is InChI=1S/C10H21N2O4P/c1-17(14,15)8-5-9(3-2-6-11)12-10(13)4-7-16-12/h9H,2-8,11H2,1H3,(H,14,15). The molecule has 0 aromatic rings. The molecule has 1 aliphatic rings. The van der Waals surface area contributed by atoms with Crippen molar-refractivity contribution in [3.8, 4) is 0 Å². The smallest absolute Gasteiger partial charge is 0.248 e. The monoisotopic (exact) mass is 264 g/mol. The molecule has 0 aliphatic carbocycles. The molecule has 1 heterocycles. The van der Waals surface area contributed by atoms with Crippen molar-refractivity contribution in [2.45, 2.75) is 31.7 Å². The minimum atomic E-state index is -3.04. The average molecular weight is 264 g/mol. The van der Waals surface area contributed by atoms with E-state index in [1.54, 1.807) is 0 Å². The van der Waals surface area contributed by atoms with Crippen molar-refractivity contribution in [3.63, 3.8) is 0 Å². The highest BCUT2D eigenvalue weighted by atomic mass is 31.2. The highest BCUT2D eigenvalue weighted by molar-refractivity contribution is 7.57. The molecule has 2 unspecified atom stereocenters. The quantitative estimate of drug-likeness (QED) is 0.655. The molecule has 6 nitrogen and oxygen atoms in total. The SMILES string of the molecule is CP(=O)(O)CCC(CCCN)N1OCCC1=O. The molecule has 1 amide bonds. The van der Waals surface area contributed by atoms with Gasteiger partial charge in [-0.25, -0.2) is 5.06 Å². The average Bonchev–Trinajstić information content (AvgIpc) is 2.63. The van der Waals surface area contributed by atoms with Crippen LogP contribution in [0.3, 0.4) is 0 Å². The Balaban J connectivity index is 2.53. The highest BCUT2D eigenvalue weighted by Crippen LogP contribution is 2.37. The lowest BCUT2D eigenvalue weighted by molar-refractivity contribution is -0.175. The second-order valence-corrected chi connectivity index (χ2v) is 7.00. The fourth-order valence-corrected chi connectivity index (χ4v) is 2.62. The van der Waals surface area contributed by atoms with E-state index in [2.05, 4.69) is 0 Å². The van der Waals surface area contributed by atoms with Crippen LogP contribution >= 0.6 is 7.37 Å². The summed E-state index contributed by atoms with van der Waals surface area (Å²) in [4.78, 5) is 26.1. The lowest BCUT2D eigenvalue weighted by atomic mass is 10.1. The third-order valence-corrected chi connectivity index (χ3v) is 3.83. The Morgan fingerprint density at radius 3 is 2.76 bits per heavy atom. The molecule has 3 N–H and O–H groups in total. The van der Waals surface area contributed by atoms with Crippen molar-refractivity contribution < 1.29 is 19.1 Å². The summed E-state index contributed by atoms with van der Waals surface area (Å²) in [6.45, 7) is 2.28. The van der Waals surface area contributed by atoms with E-state index in [-0.39, 0.29) is 18.1 Å². The molecule has 100 valence electrons. The first-order valence-corrected chi connectivity index (χ1v) is 8.17. The Hall–Kier alpha value is -0.420. The van der Waals surface area contributed by atoms with Crippen LogP contribution in [-0.2, 0) is 14.2 Å². The van der Waals surface area contributed by atoms with Crippen molar-refractivity contribution >= 4 is 13.3 Å². The van der Waals surface area contributed by atoms with Gasteiger partial charge in [-0.3, -0.25) is 14.2 Å². The van der Waals surface area contributed by atoms with Gasteiger partial charge in [-0.05, 0) is 25.8 Å². The maximum absolute atomic E-state index is 11.5. The molecule has 2 atom stereocenters. The molecule has 0 radical (unpaired) electrons. The van der Waals surface area contributed by atoms with Crippen LogP contribution in [0.1, 0.15) is 25.7 Å². The number of rotatable bonds is 7. The topological polar surface area (TPSA) is 92.9 Å². The minimum Gasteiger partial charge on any atom is -0.344 e. The Labute approximate surface area is 102 Å². The number of carbonyl (C=O) groups is 1. The van der Waals surface area contributed by atoms with Gasteiger partial charge >= 0.3 is 0 Å². The van der Waals surface area contributed by atoms with Crippen LogP contribution in [0.2, 0.25) is 0 Å². The zero-order valence-corrected chi connectivity index (χ0v) is 11.1. The molecule has 0 spiro atoms. The highest BCUT2D eigenvalue weighted by Gasteiger charge is 2.30. The number of hydrogen-bond acceptors (Lipinski definition) is 4. The van der Waals surface area contributed by atoms with E-state index >= 15 is 0 Å². The third-order valence-electron chi connectivity index (χ3n) is 2.74. The van der Waals surface area contributed by atoms with Crippen LogP contribution in [0.5, 0.6) is 0 Å². The molecule has 7 heteroatoms.